The highest BCUT2D eigenvalue weighted by Gasteiger charge is 2.12. The number of thiophene rings is 1. The van der Waals surface area contributed by atoms with Crippen LogP contribution in [0.5, 0.6) is 0 Å². The van der Waals surface area contributed by atoms with Gasteiger partial charge in [0.15, 0.2) is 0 Å². The van der Waals surface area contributed by atoms with Crippen molar-refractivity contribution in [1.82, 2.24) is 5.32 Å². The van der Waals surface area contributed by atoms with Crippen LogP contribution in [0.3, 0.4) is 0 Å². The zero-order chi connectivity index (χ0) is 12.7. The second kappa shape index (κ2) is 7.31. The molecule has 0 fully saturated rings. The van der Waals surface area contributed by atoms with Crippen molar-refractivity contribution in [2.75, 3.05) is 11.5 Å². The first-order valence-corrected chi connectivity index (χ1v) is 6.98. The Morgan fingerprint density at radius 3 is 2.94 bits per heavy atom. The van der Waals surface area contributed by atoms with Gasteiger partial charge in [-0.15, -0.1) is 23.1 Å². The topological polar surface area (TPSA) is 92.4 Å². The van der Waals surface area contributed by atoms with Crippen molar-refractivity contribution in [3.63, 3.8) is 0 Å². The number of thioether (sulfide) groups is 1. The zero-order valence-corrected chi connectivity index (χ0v) is 10.7. The number of nitrogens with one attached hydrogen (secondary N) is 1. The Hall–Kier alpha value is -1.05. The molecule has 0 spiro atoms. The van der Waals surface area contributed by atoms with Crippen LogP contribution < -0.4 is 11.1 Å². The maximum atomic E-state index is 11.4. The molecule has 0 unspecified atom stereocenters. The first kappa shape index (κ1) is 14.0. The molecule has 5 nitrogen and oxygen atoms in total. The smallest absolute Gasteiger partial charge is 0.321 e. The highest BCUT2D eigenvalue weighted by Crippen LogP contribution is 2.07. The van der Waals surface area contributed by atoms with E-state index >= 15 is 0 Å². The molecule has 1 rings (SSSR count). The number of carboxylic acid groups (broad SMARTS) is 1. The molecule has 1 aromatic rings. The number of hydrogen-bond donors (Lipinski definition) is 3. The third-order valence-electron chi connectivity index (χ3n) is 1.89. The van der Waals surface area contributed by atoms with E-state index in [-0.39, 0.29) is 17.4 Å². The molecule has 4 N–H and O–H groups in total. The van der Waals surface area contributed by atoms with Gasteiger partial charge in [0.05, 0.1) is 12.3 Å². The van der Waals surface area contributed by atoms with Gasteiger partial charge in [-0.25, -0.2) is 0 Å². The Bertz CT molecular complexity index is 368. The molecule has 1 aromatic heterocycles. The molecule has 0 saturated carbocycles. The largest absolute Gasteiger partial charge is 0.480 e. The molecule has 1 amide bonds. The summed E-state index contributed by atoms with van der Waals surface area (Å²) in [6.45, 7) is 0.516. The van der Waals surface area contributed by atoms with Gasteiger partial charge in [-0.05, 0) is 11.4 Å². The highest BCUT2D eigenvalue weighted by molar-refractivity contribution is 8.00. The molecule has 0 aliphatic heterocycles. The van der Waals surface area contributed by atoms with E-state index in [9.17, 15) is 9.59 Å². The van der Waals surface area contributed by atoms with E-state index in [0.29, 0.717) is 6.54 Å². The van der Waals surface area contributed by atoms with Crippen molar-refractivity contribution >= 4 is 35.0 Å². The number of carboxylic acids is 1. The fourth-order valence-corrected chi connectivity index (χ4v) is 2.45. The van der Waals surface area contributed by atoms with Crippen LogP contribution in [0.15, 0.2) is 17.5 Å². The molecule has 0 aliphatic carbocycles. The summed E-state index contributed by atoms with van der Waals surface area (Å²) in [6, 6.07) is 2.95. The Kier molecular flexibility index (Phi) is 6.03. The predicted molar refractivity (Wildman–Crippen MR) is 69.1 cm³/mol. The highest BCUT2D eigenvalue weighted by atomic mass is 32.2. The van der Waals surface area contributed by atoms with Gasteiger partial charge in [0, 0.05) is 10.6 Å². The van der Waals surface area contributed by atoms with E-state index in [2.05, 4.69) is 5.32 Å². The third kappa shape index (κ3) is 5.71. The fourth-order valence-electron chi connectivity index (χ4n) is 1.000. The third-order valence-corrected chi connectivity index (χ3v) is 3.83. The van der Waals surface area contributed by atoms with Crippen LogP contribution in [0, 0.1) is 0 Å². The normalized spacial score (nSPS) is 12.1. The lowest BCUT2D eigenvalue weighted by molar-refractivity contribution is -0.138. The van der Waals surface area contributed by atoms with Gasteiger partial charge in [-0.1, -0.05) is 6.07 Å². The summed E-state index contributed by atoms with van der Waals surface area (Å²) in [7, 11) is 0. The van der Waals surface area contributed by atoms with E-state index in [1.807, 2.05) is 17.5 Å². The molecule has 94 valence electrons. The Labute approximate surface area is 107 Å². The molecule has 0 aliphatic rings. The summed E-state index contributed by atoms with van der Waals surface area (Å²) in [5, 5.41) is 13.2. The van der Waals surface area contributed by atoms with Gasteiger partial charge in [0.2, 0.25) is 5.91 Å². The Morgan fingerprint density at radius 2 is 2.35 bits per heavy atom. The molecule has 0 radical (unpaired) electrons. The maximum Gasteiger partial charge on any atom is 0.321 e. The Morgan fingerprint density at radius 1 is 1.59 bits per heavy atom. The van der Waals surface area contributed by atoms with E-state index in [4.69, 9.17) is 10.8 Å². The number of carbonyl (C=O) groups excluding carboxylic acids is 1. The van der Waals surface area contributed by atoms with Crippen molar-refractivity contribution in [3.05, 3.63) is 22.4 Å². The summed E-state index contributed by atoms with van der Waals surface area (Å²) >= 11 is 2.80. The standard InChI is InChI=1S/C10H14N2O3S2/c11-8(10(14)15)5-16-6-9(13)12-4-7-2-1-3-17-7/h1-3,8H,4-6,11H2,(H,12,13)(H,14,15)/t8-/m1/s1. The molecular weight excluding hydrogens is 260 g/mol. The zero-order valence-electron chi connectivity index (χ0n) is 9.09. The molecule has 1 atom stereocenters. The second-order valence-corrected chi connectivity index (χ2v) is 5.38. The van der Waals surface area contributed by atoms with Crippen molar-refractivity contribution < 1.29 is 14.7 Å². The summed E-state index contributed by atoms with van der Waals surface area (Å²) in [6.07, 6.45) is 0. The number of nitrogens with two attached hydrogens (primary N) is 1. The summed E-state index contributed by atoms with van der Waals surface area (Å²) in [5.41, 5.74) is 5.30. The first-order valence-electron chi connectivity index (χ1n) is 4.95. The van der Waals surface area contributed by atoms with E-state index in [0.717, 1.165) is 4.88 Å². The predicted octanol–water partition coefficient (Wildman–Crippen LogP) is 0.509. The van der Waals surface area contributed by atoms with Crippen LogP contribution in [-0.2, 0) is 16.1 Å². The first-order chi connectivity index (χ1) is 8.09. The van der Waals surface area contributed by atoms with E-state index in [1.54, 1.807) is 11.3 Å². The van der Waals surface area contributed by atoms with Crippen molar-refractivity contribution in [1.29, 1.82) is 0 Å². The summed E-state index contributed by atoms with van der Waals surface area (Å²) in [4.78, 5) is 22.9. The lowest BCUT2D eigenvalue weighted by Gasteiger charge is -2.06. The van der Waals surface area contributed by atoms with Crippen molar-refractivity contribution in [3.8, 4) is 0 Å². The van der Waals surface area contributed by atoms with Crippen molar-refractivity contribution in [2.24, 2.45) is 5.73 Å². The van der Waals surface area contributed by atoms with Crippen LogP contribution in [0.2, 0.25) is 0 Å². The van der Waals surface area contributed by atoms with E-state index in [1.165, 1.54) is 11.8 Å². The van der Waals surface area contributed by atoms with Gasteiger partial charge in [0.25, 0.3) is 0 Å². The summed E-state index contributed by atoms with van der Waals surface area (Å²) < 4.78 is 0. The molecule has 0 bridgehead atoms. The average molecular weight is 274 g/mol. The molecule has 7 heteroatoms. The average Bonchev–Trinajstić information content (AvgIpc) is 2.78. The molecule has 1 heterocycles. The number of aliphatic carboxylic acids is 1. The number of hydrogen-bond acceptors (Lipinski definition) is 5. The minimum Gasteiger partial charge on any atom is -0.480 e. The van der Waals surface area contributed by atoms with E-state index < -0.39 is 12.0 Å². The van der Waals surface area contributed by atoms with Crippen LogP contribution in [-0.4, -0.2) is 34.5 Å². The molecule has 0 saturated heterocycles. The monoisotopic (exact) mass is 274 g/mol. The Balaban J connectivity index is 2.11. The second-order valence-electron chi connectivity index (χ2n) is 3.32. The fraction of sp³-hybridized carbons (Fsp3) is 0.400. The molecular formula is C10H14N2O3S2. The molecule has 0 aromatic carbocycles. The SMILES string of the molecule is N[C@H](CSCC(=O)NCc1cccs1)C(=O)O. The summed E-state index contributed by atoms with van der Waals surface area (Å²) in [5.74, 6) is -0.689. The lowest BCUT2D eigenvalue weighted by Crippen LogP contribution is -2.33. The number of carbonyl (C=O) groups is 2. The maximum absolute atomic E-state index is 11.4. The van der Waals surface area contributed by atoms with Crippen LogP contribution in [0.25, 0.3) is 0 Å². The van der Waals surface area contributed by atoms with Gasteiger partial charge in [0.1, 0.15) is 6.04 Å². The van der Waals surface area contributed by atoms with Gasteiger partial charge in [-0.2, -0.15) is 0 Å². The minimum absolute atomic E-state index is 0.110. The quantitative estimate of drug-likeness (QED) is 0.673. The van der Waals surface area contributed by atoms with Crippen LogP contribution in [0.1, 0.15) is 4.88 Å². The molecule has 17 heavy (non-hydrogen) atoms. The van der Waals surface area contributed by atoms with Gasteiger partial charge in [-0.3, -0.25) is 9.59 Å². The van der Waals surface area contributed by atoms with Crippen LogP contribution >= 0.6 is 23.1 Å². The number of rotatable bonds is 7. The van der Waals surface area contributed by atoms with Gasteiger partial charge >= 0.3 is 5.97 Å². The van der Waals surface area contributed by atoms with Crippen molar-refractivity contribution in [2.45, 2.75) is 12.6 Å². The minimum atomic E-state index is -1.04. The number of amides is 1. The van der Waals surface area contributed by atoms with Crippen LogP contribution in [0.4, 0.5) is 0 Å². The van der Waals surface area contributed by atoms with Gasteiger partial charge < -0.3 is 16.2 Å². The lowest BCUT2D eigenvalue weighted by atomic mass is 10.4.